The molecule has 22 heavy (non-hydrogen) atoms. The molecule has 0 saturated heterocycles. The normalized spacial score (nSPS) is 11.7. The molecule has 7 heteroatoms. The van der Waals surface area contributed by atoms with E-state index in [0.717, 1.165) is 10.0 Å². The number of phenolic OH excluding ortho intramolecular Hbond substituents is 1. The van der Waals surface area contributed by atoms with E-state index in [0.29, 0.717) is 6.29 Å². The van der Waals surface area contributed by atoms with E-state index in [9.17, 15) is 22.7 Å². The fraction of sp³-hybridized carbons (Fsp3) is 0. The second-order valence-electron chi connectivity index (χ2n) is 4.60. The molecule has 0 saturated carbocycles. The van der Waals surface area contributed by atoms with E-state index in [1.807, 2.05) is 0 Å². The second-order valence-corrected chi connectivity index (χ2v) is 6.42. The highest BCUT2D eigenvalue weighted by atomic mass is 32.2. The van der Waals surface area contributed by atoms with Gasteiger partial charge in [-0.15, -0.1) is 0 Å². The summed E-state index contributed by atoms with van der Waals surface area (Å²) in [7, 11) is -3.92. The number of aromatic nitrogens is 1. The maximum absolute atomic E-state index is 13.7. The van der Waals surface area contributed by atoms with Crippen molar-refractivity contribution in [1.29, 1.82) is 0 Å². The van der Waals surface area contributed by atoms with Gasteiger partial charge in [0, 0.05) is 17.6 Å². The number of rotatable bonds is 3. The van der Waals surface area contributed by atoms with Gasteiger partial charge in [-0.2, -0.15) is 0 Å². The molecule has 0 spiro atoms. The van der Waals surface area contributed by atoms with Crippen molar-refractivity contribution in [3.63, 3.8) is 0 Å². The van der Waals surface area contributed by atoms with E-state index in [1.165, 1.54) is 24.4 Å². The van der Waals surface area contributed by atoms with Crippen molar-refractivity contribution in [3.05, 3.63) is 60.0 Å². The molecule has 0 fully saturated rings. The lowest BCUT2D eigenvalue weighted by molar-refractivity contribution is 0.112. The summed E-state index contributed by atoms with van der Waals surface area (Å²) in [4.78, 5) is 11.1. The minimum Gasteiger partial charge on any atom is -0.504 e. The molecule has 0 radical (unpaired) electrons. The Labute approximate surface area is 125 Å². The predicted molar refractivity (Wildman–Crippen MR) is 78.0 cm³/mol. The van der Waals surface area contributed by atoms with Crippen LogP contribution in [0, 0.1) is 5.82 Å². The van der Waals surface area contributed by atoms with Gasteiger partial charge in [0.15, 0.2) is 17.9 Å². The molecule has 0 bridgehead atoms. The summed E-state index contributed by atoms with van der Waals surface area (Å²) in [5.41, 5.74) is -0.293. The number of carbonyl (C=O) groups excluding carboxylic acids is 1. The predicted octanol–water partition coefficient (Wildman–Crippen LogP) is 2.54. The van der Waals surface area contributed by atoms with E-state index in [4.69, 9.17) is 0 Å². The van der Waals surface area contributed by atoms with Crippen LogP contribution in [0.4, 0.5) is 4.39 Å². The van der Waals surface area contributed by atoms with Crippen LogP contribution in [-0.4, -0.2) is 23.8 Å². The van der Waals surface area contributed by atoms with Gasteiger partial charge in [0.1, 0.15) is 0 Å². The Morgan fingerprint density at radius 3 is 2.45 bits per heavy atom. The molecule has 0 amide bonds. The van der Waals surface area contributed by atoms with E-state index in [1.54, 1.807) is 18.2 Å². The molecule has 5 nitrogen and oxygen atoms in total. The zero-order valence-corrected chi connectivity index (χ0v) is 11.9. The first-order valence-electron chi connectivity index (χ1n) is 6.25. The van der Waals surface area contributed by atoms with Crippen LogP contribution >= 0.6 is 0 Å². The maximum Gasteiger partial charge on any atom is 0.268 e. The lowest BCUT2D eigenvalue weighted by Crippen LogP contribution is -2.11. The van der Waals surface area contributed by atoms with Crippen LogP contribution in [0.1, 0.15) is 10.4 Å². The average molecular weight is 319 g/mol. The highest BCUT2D eigenvalue weighted by Gasteiger charge is 2.22. The minimum atomic E-state index is -3.92. The largest absolute Gasteiger partial charge is 0.504 e. The number of fused-ring (bicyclic) bond motifs is 1. The van der Waals surface area contributed by atoms with Crippen LogP contribution in [0.5, 0.6) is 5.75 Å². The fourth-order valence-corrected chi connectivity index (χ4v) is 3.63. The number of aldehydes is 1. The molecule has 1 heterocycles. The molecule has 2 aromatic carbocycles. The molecule has 0 aliphatic heterocycles. The van der Waals surface area contributed by atoms with Crippen LogP contribution in [0.25, 0.3) is 10.9 Å². The van der Waals surface area contributed by atoms with Crippen LogP contribution in [0.3, 0.4) is 0 Å². The highest BCUT2D eigenvalue weighted by Crippen LogP contribution is 2.31. The summed E-state index contributed by atoms with van der Waals surface area (Å²) in [6.07, 6.45) is 1.51. The third-order valence-corrected chi connectivity index (χ3v) is 5.05. The van der Waals surface area contributed by atoms with E-state index in [-0.39, 0.29) is 21.4 Å². The first kappa shape index (κ1) is 14.3. The Morgan fingerprint density at radius 1 is 1.14 bits per heavy atom. The number of hydrogen-bond donors (Lipinski definition) is 1. The first-order valence-corrected chi connectivity index (χ1v) is 7.69. The topological polar surface area (TPSA) is 76.4 Å². The molecular formula is C15H10FNO4S. The summed E-state index contributed by atoms with van der Waals surface area (Å²) in [5.74, 6) is -1.85. The van der Waals surface area contributed by atoms with Crippen molar-refractivity contribution in [2.24, 2.45) is 0 Å². The Balaban J connectivity index is 2.35. The van der Waals surface area contributed by atoms with Gasteiger partial charge >= 0.3 is 0 Å². The third kappa shape index (κ3) is 1.98. The van der Waals surface area contributed by atoms with Gasteiger partial charge in [-0.1, -0.05) is 18.2 Å². The van der Waals surface area contributed by atoms with Gasteiger partial charge in [-0.05, 0) is 18.2 Å². The Kier molecular flexibility index (Phi) is 3.22. The van der Waals surface area contributed by atoms with Crippen molar-refractivity contribution in [2.45, 2.75) is 4.90 Å². The van der Waals surface area contributed by atoms with Gasteiger partial charge in [0.05, 0.1) is 16.0 Å². The zero-order chi connectivity index (χ0) is 15.9. The molecule has 0 aliphatic rings. The number of nitrogens with zero attached hydrogens (tertiary/aromatic N) is 1. The molecule has 0 aliphatic carbocycles. The maximum atomic E-state index is 13.7. The van der Waals surface area contributed by atoms with Gasteiger partial charge < -0.3 is 5.11 Å². The zero-order valence-electron chi connectivity index (χ0n) is 11.1. The monoisotopic (exact) mass is 319 g/mol. The molecule has 3 rings (SSSR count). The van der Waals surface area contributed by atoms with Gasteiger partial charge in [0.2, 0.25) is 0 Å². The highest BCUT2D eigenvalue weighted by molar-refractivity contribution is 7.90. The minimum absolute atomic E-state index is 0.0127. The summed E-state index contributed by atoms with van der Waals surface area (Å²) >= 11 is 0. The smallest absolute Gasteiger partial charge is 0.268 e. The second kappa shape index (κ2) is 4.96. The molecule has 3 aromatic rings. The van der Waals surface area contributed by atoms with Gasteiger partial charge in [0.25, 0.3) is 10.0 Å². The molecular weight excluding hydrogens is 309 g/mol. The number of halogens is 1. The number of benzene rings is 2. The first-order chi connectivity index (χ1) is 10.5. The summed E-state index contributed by atoms with van der Waals surface area (Å²) in [6, 6.07) is 9.88. The van der Waals surface area contributed by atoms with Crippen molar-refractivity contribution in [1.82, 2.24) is 3.97 Å². The van der Waals surface area contributed by atoms with Crippen molar-refractivity contribution < 1.29 is 22.7 Å². The van der Waals surface area contributed by atoms with Crippen LogP contribution in [-0.2, 0) is 10.0 Å². The fourth-order valence-electron chi connectivity index (χ4n) is 2.28. The number of aromatic hydroxyl groups is 1. The lowest BCUT2D eigenvalue weighted by atomic mass is 10.1. The number of hydrogen-bond acceptors (Lipinski definition) is 4. The Hall–Kier alpha value is -2.67. The third-order valence-electron chi connectivity index (χ3n) is 3.34. The lowest BCUT2D eigenvalue weighted by Gasteiger charge is -2.08. The van der Waals surface area contributed by atoms with Crippen molar-refractivity contribution in [2.75, 3.05) is 0 Å². The van der Waals surface area contributed by atoms with Crippen LogP contribution < -0.4 is 0 Å². The summed E-state index contributed by atoms with van der Waals surface area (Å²) < 4.78 is 39.8. The SMILES string of the molecule is O=Cc1c(O)c(F)cc2c1ccn2S(=O)(=O)c1ccccc1. The summed E-state index contributed by atoms with van der Waals surface area (Å²) in [5, 5.41) is 9.72. The Morgan fingerprint density at radius 2 is 1.82 bits per heavy atom. The molecule has 0 atom stereocenters. The molecule has 112 valence electrons. The number of carbonyl (C=O) groups is 1. The average Bonchev–Trinajstić information content (AvgIpc) is 2.93. The quantitative estimate of drug-likeness (QED) is 0.753. The van der Waals surface area contributed by atoms with Crippen LogP contribution in [0.15, 0.2) is 53.6 Å². The number of phenols is 1. The van der Waals surface area contributed by atoms with Gasteiger partial charge in [-0.25, -0.2) is 16.8 Å². The molecule has 1 N–H and O–H groups in total. The Bertz CT molecular complexity index is 978. The summed E-state index contributed by atoms with van der Waals surface area (Å²) in [6.45, 7) is 0. The van der Waals surface area contributed by atoms with E-state index in [2.05, 4.69) is 0 Å². The van der Waals surface area contributed by atoms with Crippen molar-refractivity contribution in [3.8, 4) is 5.75 Å². The molecule has 0 unspecified atom stereocenters. The van der Waals surface area contributed by atoms with Gasteiger partial charge in [-0.3, -0.25) is 4.79 Å². The molecule has 1 aromatic heterocycles. The van der Waals surface area contributed by atoms with Crippen LogP contribution in [0.2, 0.25) is 0 Å². The standard InChI is InChI=1S/C15H10FNO4S/c16-13-8-14-11(12(9-18)15(13)19)6-7-17(14)22(20,21)10-4-2-1-3-5-10/h1-9,19H. The van der Waals surface area contributed by atoms with E-state index >= 15 is 0 Å². The van der Waals surface area contributed by atoms with Crippen molar-refractivity contribution >= 4 is 27.2 Å². The van der Waals surface area contributed by atoms with E-state index < -0.39 is 21.6 Å².